The van der Waals surface area contributed by atoms with Gasteiger partial charge in [-0.15, -0.1) is 0 Å². The molecule has 116 valence electrons. The number of amides is 1. The Kier molecular flexibility index (Phi) is 5.56. The zero-order valence-electron chi connectivity index (χ0n) is 13.4. The number of anilines is 1. The van der Waals surface area contributed by atoms with E-state index in [0.717, 1.165) is 51.3 Å². The molecule has 2 rings (SSSR count). The molecule has 1 saturated heterocycles. The number of carbonyl (C=O) groups is 1. The first kappa shape index (κ1) is 15.8. The van der Waals surface area contributed by atoms with Gasteiger partial charge in [-0.2, -0.15) is 0 Å². The number of unbranched alkanes of at least 4 members (excludes halogenated alkanes) is 1. The van der Waals surface area contributed by atoms with Crippen LogP contribution < -0.4 is 4.90 Å². The highest BCUT2D eigenvalue weighted by Gasteiger charge is 2.17. The van der Waals surface area contributed by atoms with Crippen LogP contribution in [0.3, 0.4) is 0 Å². The van der Waals surface area contributed by atoms with Gasteiger partial charge in [0.15, 0.2) is 0 Å². The molecular weight excluding hydrogens is 264 g/mol. The fraction of sp³-hybridized carbons (Fsp3) is 0.625. The molecule has 0 atom stereocenters. The summed E-state index contributed by atoms with van der Waals surface area (Å²) in [6.07, 6.45) is 5.66. The van der Waals surface area contributed by atoms with E-state index in [1.807, 2.05) is 19.3 Å². The van der Waals surface area contributed by atoms with E-state index >= 15 is 0 Å². The Morgan fingerprint density at radius 2 is 2.00 bits per heavy atom. The van der Waals surface area contributed by atoms with E-state index in [9.17, 15) is 4.79 Å². The molecule has 0 N–H and O–H groups in total. The molecule has 0 aromatic carbocycles. The zero-order chi connectivity index (χ0) is 15.2. The summed E-state index contributed by atoms with van der Waals surface area (Å²) in [5.41, 5.74) is 1.74. The molecule has 1 amide bonds. The van der Waals surface area contributed by atoms with E-state index < -0.39 is 0 Å². The Hall–Kier alpha value is -1.62. The molecule has 1 aliphatic heterocycles. The average Bonchev–Trinajstić information content (AvgIpc) is 2.52. The van der Waals surface area contributed by atoms with Gasteiger partial charge in [0.05, 0.1) is 17.4 Å². The van der Waals surface area contributed by atoms with Gasteiger partial charge in [0, 0.05) is 46.0 Å². The van der Waals surface area contributed by atoms with Crippen LogP contribution in [-0.4, -0.2) is 67.5 Å². The molecule has 5 nitrogen and oxygen atoms in total. The summed E-state index contributed by atoms with van der Waals surface area (Å²) >= 11 is 0. The van der Waals surface area contributed by atoms with Crippen molar-refractivity contribution in [2.24, 2.45) is 0 Å². The van der Waals surface area contributed by atoms with Crippen LogP contribution in [0, 0.1) is 0 Å². The Bertz CT molecular complexity index is 469. The third-order valence-corrected chi connectivity index (χ3v) is 4.03. The Balaban J connectivity index is 2.05. The van der Waals surface area contributed by atoms with Crippen LogP contribution in [0.25, 0.3) is 0 Å². The number of aromatic nitrogens is 1. The second-order valence-corrected chi connectivity index (χ2v) is 5.80. The van der Waals surface area contributed by atoms with Crippen molar-refractivity contribution < 1.29 is 4.79 Å². The van der Waals surface area contributed by atoms with Gasteiger partial charge in [-0.3, -0.25) is 9.78 Å². The standard InChI is InChI=1S/C16H26N4O/c1-4-5-6-19(3)16(21)14-11-15(13-17-12-14)20-9-7-18(2)8-10-20/h11-13H,4-10H2,1-3H3. The van der Waals surface area contributed by atoms with Crippen molar-refractivity contribution in [3.05, 3.63) is 24.0 Å². The molecule has 0 bridgehead atoms. The molecule has 0 aliphatic carbocycles. The summed E-state index contributed by atoms with van der Waals surface area (Å²) in [4.78, 5) is 23.1. The van der Waals surface area contributed by atoms with Crippen molar-refractivity contribution in [1.82, 2.24) is 14.8 Å². The second-order valence-electron chi connectivity index (χ2n) is 5.80. The lowest BCUT2D eigenvalue weighted by Gasteiger charge is -2.34. The number of piperazine rings is 1. The molecule has 1 aromatic rings. The van der Waals surface area contributed by atoms with Crippen molar-refractivity contribution >= 4 is 11.6 Å². The highest BCUT2D eigenvalue weighted by atomic mass is 16.2. The van der Waals surface area contributed by atoms with Gasteiger partial charge in [0.2, 0.25) is 0 Å². The second kappa shape index (κ2) is 7.41. The van der Waals surface area contributed by atoms with Crippen molar-refractivity contribution in [3.63, 3.8) is 0 Å². The summed E-state index contributed by atoms with van der Waals surface area (Å²) in [6, 6.07) is 1.98. The maximum atomic E-state index is 12.4. The first-order valence-electron chi connectivity index (χ1n) is 7.76. The lowest BCUT2D eigenvalue weighted by Crippen LogP contribution is -2.44. The first-order chi connectivity index (χ1) is 10.1. The van der Waals surface area contributed by atoms with Gasteiger partial charge >= 0.3 is 0 Å². The topological polar surface area (TPSA) is 39.7 Å². The molecular formula is C16H26N4O. The fourth-order valence-corrected chi connectivity index (χ4v) is 2.50. The van der Waals surface area contributed by atoms with E-state index in [2.05, 4.69) is 28.8 Å². The highest BCUT2D eigenvalue weighted by Crippen LogP contribution is 2.17. The molecule has 0 unspecified atom stereocenters. The third kappa shape index (κ3) is 4.17. The maximum absolute atomic E-state index is 12.4. The molecule has 0 saturated carbocycles. The predicted molar refractivity (Wildman–Crippen MR) is 85.8 cm³/mol. The molecule has 0 radical (unpaired) electrons. The van der Waals surface area contributed by atoms with Crippen molar-refractivity contribution in [2.75, 3.05) is 51.7 Å². The number of hydrogen-bond donors (Lipinski definition) is 0. The van der Waals surface area contributed by atoms with E-state index in [-0.39, 0.29) is 5.91 Å². The van der Waals surface area contributed by atoms with Crippen molar-refractivity contribution in [1.29, 1.82) is 0 Å². The molecule has 1 aliphatic rings. The van der Waals surface area contributed by atoms with Crippen LogP contribution >= 0.6 is 0 Å². The van der Waals surface area contributed by atoms with Crippen LogP contribution in [0.15, 0.2) is 18.5 Å². The quantitative estimate of drug-likeness (QED) is 0.827. The number of likely N-dealkylation sites (N-methyl/N-ethyl adjacent to an activating group) is 1. The summed E-state index contributed by atoms with van der Waals surface area (Å²) in [6.45, 7) is 7.01. The van der Waals surface area contributed by atoms with Crippen LogP contribution in [0.5, 0.6) is 0 Å². The van der Waals surface area contributed by atoms with Crippen molar-refractivity contribution in [3.8, 4) is 0 Å². The molecule has 0 spiro atoms. The Morgan fingerprint density at radius 1 is 1.29 bits per heavy atom. The van der Waals surface area contributed by atoms with E-state index in [1.165, 1.54) is 0 Å². The van der Waals surface area contributed by atoms with Gasteiger partial charge < -0.3 is 14.7 Å². The van der Waals surface area contributed by atoms with E-state index in [1.54, 1.807) is 11.1 Å². The third-order valence-electron chi connectivity index (χ3n) is 4.03. The van der Waals surface area contributed by atoms with Gasteiger partial charge in [-0.1, -0.05) is 13.3 Å². The minimum absolute atomic E-state index is 0.0620. The first-order valence-corrected chi connectivity index (χ1v) is 7.76. The monoisotopic (exact) mass is 290 g/mol. The van der Waals surface area contributed by atoms with Crippen LogP contribution in [0.1, 0.15) is 30.1 Å². The fourth-order valence-electron chi connectivity index (χ4n) is 2.50. The smallest absolute Gasteiger partial charge is 0.255 e. The van der Waals surface area contributed by atoms with Gasteiger partial charge in [-0.05, 0) is 19.5 Å². The largest absolute Gasteiger partial charge is 0.368 e. The number of carbonyl (C=O) groups excluding carboxylic acids is 1. The number of pyridine rings is 1. The van der Waals surface area contributed by atoms with Gasteiger partial charge in [-0.25, -0.2) is 0 Å². The number of rotatable bonds is 5. The summed E-state index contributed by atoms with van der Waals surface area (Å²) in [7, 11) is 4.00. The van der Waals surface area contributed by atoms with Crippen LogP contribution in [-0.2, 0) is 0 Å². The minimum Gasteiger partial charge on any atom is -0.368 e. The normalized spacial score (nSPS) is 16.0. The van der Waals surface area contributed by atoms with E-state index in [4.69, 9.17) is 0 Å². The molecule has 2 heterocycles. The summed E-state index contributed by atoms with van der Waals surface area (Å²) in [5.74, 6) is 0.0620. The van der Waals surface area contributed by atoms with Gasteiger partial charge in [0.25, 0.3) is 5.91 Å². The molecule has 21 heavy (non-hydrogen) atoms. The Labute approximate surface area is 127 Å². The van der Waals surface area contributed by atoms with Crippen molar-refractivity contribution in [2.45, 2.75) is 19.8 Å². The SMILES string of the molecule is CCCCN(C)C(=O)c1cncc(N2CCN(C)CC2)c1. The minimum atomic E-state index is 0.0620. The summed E-state index contributed by atoms with van der Waals surface area (Å²) < 4.78 is 0. The molecule has 1 aromatic heterocycles. The van der Waals surface area contributed by atoms with E-state index in [0.29, 0.717) is 5.56 Å². The van der Waals surface area contributed by atoms with Crippen LogP contribution in [0.4, 0.5) is 5.69 Å². The zero-order valence-corrected chi connectivity index (χ0v) is 13.4. The number of nitrogens with zero attached hydrogens (tertiary/aromatic N) is 4. The maximum Gasteiger partial charge on any atom is 0.255 e. The molecule has 1 fully saturated rings. The number of hydrogen-bond acceptors (Lipinski definition) is 4. The van der Waals surface area contributed by atoms with Crippen LogP contribution in [0.2, 0.25) is 0 Å². The Morgan fingerprint density at radius 3 is 2.67 bits per heavy atom. The lowest BCUT2D eigenvalue weighted by molar-refractivity contribution is 0.0793. The highest BCUT2D eigenvalue weighted by molar-refractivity contribution is 5.94. The lowest BCUT2D eigenvalue weighted by atomic mass is 10.2. The summed E-state index contributed by atoms with van der Waals surface area (Å²) in [5, 5.41) is 0. The predicted octanol–water partition coefficient (Wildman–Crippen LogP) is 1.71. The molecule has 5 heteroatoms. The van der Waals surface area contributed by atoms with Gasteiger partial charge in [0.1, 0.15) is 0 Å². The average molecular weight is 290 g/mol.